The highest BCUT2D eigenvalue weighted by atomic mass is 16.5. The van der Waals surface area contributed by atoms with Gasteiger partial charge in [-0.2, -0.15) is 0 Å². The van der Waals surface area contributed by atoms with E-state index in [4.69, 9.17) is 4.74 Å². The Balaban J connectivity index is 1.43. The summed E-state index contributed by atoms with van der Waals surface area (Å²) in [5.74, 6) is -2.61. The predicted molar refractivity (Wildman–Crippen MR) is 134 cm³/mol. The van der Waals surface area contributed by atoms with Crippen molar-refractivity contribution in [2.75, 3.05) is 6.61 Å². The molecule has 180 valence electrons. The Morgan fingerprint density at radius 3 is 2.25 bits per heavy atom. The smallest absolute Gasteiger partial charge is 0.306 e. The first-order chi connectivity index (χ1) is 17.5. The summed E-state index contributed by atoms with van der Waals surface area (Å²) in [4.78, 5) is 54.5. The van der Waals surface area contributed by atoms with Gasteiger partial charge in [-0.05, 0) is 43.3 Å². The molecule has 0 fully saturated rings. The second-order valence-electron chi connectivity index (χ2n) is 7.83. The van der Waals surface area contributed by atoms with Gasteiger partial charge in [0.2, 0.25) is 5.78 Å². The summed E-state index contributed by atoms with van der Waals surface area (Å²) in [6.07, 6.45) is -0.633. The van der Waals surface area contributed by atoms with Crippen LogP contribution in [0.25, 0.3) is 22.2 Å². The topological polar surface area (TPSA) is 114 Å². The number of pyridine rings is 1. The van der Waals surface area contributed by atoms with Crippen molar-refractivity contribution in [3.8, 4) is 17.0 Å². The first-order valence-electron chi connectivity index (χ1n) is 11.3. The average molecular weight is 482 g/mol. The van der Waals surface area contributed by atoms with Gasteiger partial charge in [0.05, 0.1) is 29.8 Å². The summed E-state index contributed by atoms with van der Waals surface area (Å²) in [6.45, 7) is 2.33. The van der Waals surface area contributed by atoms with Crippen LogP contribution in [0.2, 0.25) is 0 Å². The van der Waals surface area contributed by atoms with Crippen LogP contribution in [0.3, 0.4) is 0 Å². The summed E-state index contributed by atoms with van der Waals surface area (Å²) >= 11 is 0. The second kappa shape index (κ2) is 11.1. The van der Waals surface area contributed by atoms with Gasteiger partial charge in [-0.3, -0.25) is 30.0 Å². The molecule has 8 nitrogen and oxygen atoms in total. The Hall–Kier alpha value is -4.85. The van der Waals surface area contributed by atoms with E-state index in [1.54, 1.807) is 36.4 Å². The third kappa shape index (κ3) is 5.61. The molecule has 0 aliphatic carbocycles. The van der Waals surface area contributed by atoms with Gasteiger partial charge >= 0.3 is 5.91 Å². The number of fused-ring (bicyclic) bond motifs is 1. The van der Waals surface area contributed by atoms with Gasteiger partial charge in [0, 0.05) is 16.5 Å². The summed E-state index contributed by atoms with van der Waals surface area (Å²) in [6, 6.07) is 24.4. The molecule has 1 heterocycles. The quantitative estimate of drug-likeness (QED) is 0.171. The molecule has 0 spiro atoms. The van der Waals surface area contributed by atoms with Crippen LogP contribution < -0.4 is 15.6 Å². The molecule has 2 N–H and O–H groups in total. The number of Topliss-reactive ketones (excluding diaryl/α,β-unsaturated/α-hetero) is 2. The number of carbonyl (C=O) groups excluding carboxylic acids is 4. The Morgan fingerprint density at radius 2 is 1.53 bits per heavy atom. The Morgan fingerprint density at radius 1 is 0.833 bits per heavy atom. The van der Waals surface area contributed by atoms with Gasteiger partial charge in [-0.15, -0.1) is 0 Å². The number of rotatable bonds is 8. The maximum Gasteiger partial charge on any atom is 0.306 e. The normalized spacial score (nSPS) is 10.5. The Kier molecular flexibility index (Phi) is 7.45. The summed E-state index contributed by atoms with van der Waals surface area (Å²) in [5.41, 5.74) is 6.94. The lowest BCUT2D eigenvalue weighted by Gasteiger charge is -2.11. The number of hydrogen-bond acceptors (Lipinski definition) is 6. The molecule has 0 saturated heterocycles. The second-order valence-corrected chi connectivity index (χ2v) is 7.83. The fourth-order valence-electron chi connectivity index (χ4n) is 3.60. The van der Waals surface area contributed by atoms with E-state index in [-0.39, 0.29) is 11.1 Å². The molecule has 3 aromatic carbocycles. The van der Waals surface area contributed by atoms with Crippen LogP contribution in [0.4, 0.5) is 0 Å². The lowest BCUT2D eigenvalue weighted by Crippen LogP contribution is -2.45. The van der Waals surface area contributed by atoms with Gasteiger partial charge in [0.1, 0.15) is 5.75 Å². The molecule has 0 unspecified atom stereocenters. The molecule has 4 aromatic rings. The number of aromatic nitrogens is 1. The molecule has 0 aliphatic heterocycles. The lowest BCUT2D eigenvalue weighted by atomic mass is 10.0. The summed E-state index contributed by atoms with van der Waals surface area (Å²) < 4.78 is 5.32. The zero-order chi connectivity index (χ0) is 25.5. The van der Waals surface area contributed by atoms with Crippen LogP contribution in [0, 0.1) is 0 Å². The molecule has 4 rings (SSSR count). The number of ketones is 2. The van der Waals surface area contributed by atoms with E-state index in [0.717, 1.165) is 5.56 Å². The highest BCUT2D eigenvalue weighted by Gasteiger charge is 2.21. The van der Waals surface area contributed by atoms with Crippen molar-refractivity contribution in [3.63, 3.8) is 0 Å². The lowest BCUT2D eigenvalue weighted by molar-refractivity contribution is -0.137. The van der Waals surface area contributed by atoms with Crippen molar-refractivity contribution in [3.05, 3.63) is 96.1 Å². The van der Waals surface area contributed by atoms with E-state index in [2.05, 4.69) is 15.8 Å². The molecule has 0 saturated carbocycles. The number of nitrogens with zero attached hydrogens (tertiary/aromatic N) is 1. The van der Waals surface area contributed by atoms with E-state index < -0.39 is 29.8 Å². The number of amides is 2. The summed E-state index contributed by atoms with van der Waals surface area (Å²) in [5, 5.41) is 0.584. The van der Waals surface area contributed by atoms with Crippen molar-refractivity contribution in [1.82, 2.24) is 15.8 Å². The zero-order valence-corrected chi connectivity index (χ0v) is 19.5. The van der Waals surface area contributed by atoms with E-state index >= 15 is 0 Å². The van der Waals surface area contributed by atoms with Gasteiger partial charge < -0.3 is 4.74 Å². The van der Waals surface area contributed by atoms with E-state index in [0.29, 0.717) is 29.0 Å². The van der Waals surface area contributed by atoms with E-state index in [1.807, 2.05) is 43.3 Å². The number of nitrogens with one attached hydrogen (secondary N) is 2. The van der Waals surface area contributed by atoms with Crippen molar-refractivity contribution in [1.29, 1.82) is 0 Å². The summed E-state index contributed by atoms with van der Waals surface area (Å²) in [7, 11) is 0. The van der Waals surface area contributed by atoms with E-state index in [1.165, 1.54) is 12.1 Å². The third-order valence-corrected chi connectivity index (χ3v) is 5.38. The minimum absolute atomic E-state index is 0.276. The van der Waals surface area contributed by atoms with Crippen molar-refractivity contribution >= 4 is 34.3 Å². The molecular formula is C28H23N3O5. The third-order valence-electron chi connectivity index (χ3n) is 5.38. The largest absolute Gasteiger partial charge is 0.494 e. The molecule has 0 aliphatic rings. The van der Waals surface area contributed by atoms with Crippen LogP contribution >= 0.6 is 0 Å². The maximum atomic E-state index is 13.0. The number of hydrogen-bond donors (Lipinski definition) is 2. The highest BCUT2D eigenvalue weighted by Crippen LogP contribution is 2.24. The molecule has 0 radical (unpaired) electrons. The highest BCUT2D eigenvalue weighted by molar-refractivity contribution is 6.40. The molecule has 0 atom stereocenters. The number of benzene rings is 3. The molecular weight excluding hydrogens is 458 g/mol. The molecule has 0 bridgehead atoms. The predicted octanol–water partition coefficient (Wildman–Crippen LogP) is 3.90. The fourth-order valence-corrected chi connectivity index (χ4v) is 3.60. The van der Waals surface area contributed by atoms with Gasteiger partial charge in [-0.1, -0.05) is 48.5 Å². The number of carbonyl (C=O) groups is 4. The Labute approximate surface area is 207 Å². The van der Waals surface area contributed by atoms with Gasteiger partial charge in [0.25, 0.3) is 5.91 Å². The first-order valence-corrected chi connectivity index (χ1v) is 11.3. The maximum absolute atomic E-state index is 13.0. The monoisotopic (exact) mass is 481 g/mol. The van der Waals surface area contributed by atoms with Crippen LogP contribution in [0.1, 0.15) is 34.1 Å². The molecule has 8 heteroatoms. The fraction of sp³-hybridized carbons (Fsp3) is 0.107. The molecule has 2 amide bonds. The molecule has 36 heavy (non-hydrogen) atoms. The minimum atomic E-state index is -1.09. The minimum Gasteiger partial charge on any atom is -0.494 e. The van der Waals surface area contributed by atoms with E-state index in [9.17, 15) is 19.2 Å². The van der Waals surface area contributed by atoms with Crippen LogP contribution in [0.15, 0.2) is 84.9 Å². The van der Waals surface area contributed by atoms with Crippen LogP contribution in [-0.4, -0.2) is 35.0 Å². The van der Waals surface area contributed by atoms with Crippen molar-refractivity contribution < 1.29 is 23.9 Å². The van der Waals surface area contributed by atoms with Crippen LogP contribution in [0.5, 0.6) is 5.75 Å². The zero-order valence-electron chi connectivity index (χ0n) is 19.5. The number of para-hydroxylation sites is 1. The van der Waals surface area contributed by atoms with Gasteiger partial charge in [0.15, 0.2) is 5.78 Å². The van der Waals surface area contributed by atoms with Crippen molar-refractivity contribution in [2.45, 2.75) is 13.3 Å². The number of hydrazine groups is 1. The SMILES string of the molecule is CCOc1ccc(C(=O)CC(=O)C(=O)NNC(=O)c2cc(-c3ccccc3)nc3ccccc23)cc1. The molecule has 1 aromatic heterocycles. The Bertz CT molecular complexity index is 1430. The van der Waals surface area contributed by atoms with Gasteiger partial charge in [-0.25, -0.2) is 4.98 Å². The number of ether oxygens (including phenoxy) is 1. The van der Waals surface area contributed by atoms with Crippen LogP contribution in [-0.2, 0) is 9.59 Å². The standard InChI is InChI=1S/C28H23N3O5/c1-2-36-20-14-12-19(13-15-20)25(32)17-26(33)28(35)31-30-27(34)22-16-24(18-8-4-3-5-9-18)29-23-11-7-6-10-21(22)23/h3-16H,2,17H2,1H3,(H,30,34)(H,31,35). The van der Waals surface area contributed by atoms with Crippen molar-refractivity contribution in [2.24, 2.45) is 0 Å². The average Bonchev–Trinajstić information content (AvgIpc) is 2.91. The first kappa shape index (κ1) is 24.3.